The molecular formula is C13H13ClN4O7S. The molecule has 0 bridgehead atoms. The van der Waals surface area contributed by atoms with E-state index in [9.17, 15) is 22.8 Å². The molecule has 26 heavy (non-hydrogen) atoms. The standard InChI is InChI=1S/C13H13ClN4O7S/c1-17-12(25-3)15-18(13(17)21)11(20)16-26(22,23)9-6-7(14)4-5-8(9)10(19)24-2/h4-6H,1-3H3,(H,16,20). The highest BCUT2D eigenvalue weighted by molar-refractivity contribution is 7.90. The molecule has 0 saturated carbocycles. The number of amides is 1. The molecule has 0 aliphatic carbocycles. The van der Waals surface area contributed by atoms with Gasteiger partial charge in [-0.15, -0.1) is 9.78 Å². The summed E-state index contributed by atoms with van der Waals surface area (Å²) in [5.41, 5.74) is -1.28. The topological polar surface area (TPSA) is 139 Å². The van der Waals surface area contributed by atoms with Crippen molar-refractivity contribution < 1.29 is 27.5 Å². The summed E-state index contributed by atoms with van der Waals surface area (Å²) in [5.74, 6) is -0.953. The molecule has 1 heterocycles. The van der Waals surface area contributed by atoms with Gasteiger partial charge in [0.2, 0.25) is 0 Å². The van der Waals surface area contributed by atoms with Gasteiger partial charge in [-0.1, -0.05) is 11.6 Å². The van der Waals surface area contributed by atoms with Crippen molar-refractivity contribution in [3.63, 3.8) is 0 Å². The first-order chi connectivity index (χ1) is 12.1. The maximum absolute atomic E-state index is 12.5. The number of methoxy groups -OCH3 is 2. The van der Waals surface area contributed by atoms with Gasteiger partial charge < -0.3 is 9.47 Å². The summed E-state index contributed by atoms with van der Waals surface area (Å²) in [4.78, 5) is 35.2. The SMILES string of the molecule is COC(=O)c1ccc(Cl)cc1S(=O)(=O)NC(=O)n1nc(OC)n(C)c1=O. The second-order valence-electron chi connectivity index (χ2n) is 4.78. The molecule has 1 N–H and O–H groups in total. The third kappa shape index (κ3) is 3.55. The van der Waals surface area contributed by atoms with Crippen molar-refractivity contribution in [2.75, 3.05) is 14.2 Å². The number of sulfonamides is 1. The summed E-state index contributed by atoms with van der Waals surface area (Å²) in [5, 5.41) is 3.55. The second kappa shape index (κ2) is 7.17. The first-order valence-electron chi connectivity index (χ1n) is 6.77. The van der Waals surface area contributed by atoms with Gasteiger partial charge in [-0.2, -0.15) is 0 Å². The summed E-state index contributed by atoms with van der Waals surface area (Å²) < 4.78 is 37.1. The number of halogens is 1. The highest BCUT2D eigenvalue weighted by Crippen LogP contribution is 2.21. The number of nitrogens with zero attached hydrogens (tertiary/aromatic N) is 3. The van der Waals surface area contributed by atoms with Crippen LogP contribution in [0.2, 0.25) is 5.02 Å². The molecule has 2 aromatic rings. The van der Waals surface area contributed by atoms with Crippen LogP contribution in [0.25, 0.3) is 0 Å². The van der Waals surface area contributed by atoms with E-state index in [2.05, 4.69) is 9.84 Å². The molecule has 0 aliphatic heterocycles. The molecule has 0 spiro atoms. The number of rotatable bonds is 4. The normalized spacial score (nSPS) is 11.1. The molecule has 1 aromatic carbocycles. The van der Waals surface area contributed by atoms with E-state index in [0.29, 0.717) is 0 Å². The lowest BCUT2D eigenvalue weighted by Gasteiger charge is -2.10. The number of aromatic nitrogens is 3. The fraction of sp³-hybridized carbons (Fsp3) is 0.231. The Morgan fingerprint density at radius 1 is 1.27 bits per heavy atom. The van der Waals surface area contributed by atoms with Gasteiger partial charge in [0.25, 0.3) is 10.0 Å². The van der Waals surface area contributed by atoms with Gasteiger partial charge in [0.1, 0.15) is 4.90 Å². The van der Waals surface area contributed by atoms with Crippen molar-refractivity contribution in [3.8, 4) is 6.01 Å². The lowest BCUT2D eigenvalue weighted by atomic mass is 10.2. The molecule has 0 saturated heterocycles. The smallest absolute Gasteiger partial charge is 0.360 e. The fourth-order valence-corrected chi connectivity index (χ4v) is 3.33. The highest BCUT2D eigenvalue weighted by atomic mass is 35.5. The van der Waals surface area contributed by atoms with Crippen LogP contribution in [0, 0.1) is 0 Å². The number of esters is 1. The Hall–Kier alpha value is -2.86. The van der Waals surface area contributed by atoms with Crippen molar-refractivity contribution in [3.05, 3.63) is 39.3 Å². The van der Waals surface area contributed by atoms with E-state index in [1.807, 2.05) is 0 Å². The van der Waals surface area contributed by atoms with E-state index in [-0.39, 0.29) is 21.3 Å². The van der Waals surface area contributed by atoms with Crippen LogP contribution in [0.3, 0.4) is 0 Å². The first-order valence-corrected chi connectivity index (χ1v) is 8.63. The molecule has 0 unspecified atom stereocenters. The van der Waals surface area contributed by atoms with Crippen LogP contribution in [-0.2, 0) is 21.8 Å². The minimum absolute atomic E-state index is 0.00199. The van der Waals surface area contributed by atoms with Crippen LogP contribution < -0.4 is 15.1 Å². The summed E-state index contributed by atoms with van der Waals surface area (Å²) in [6.07, 6.45) is 0. The second-order valence-corrected chi connectivity index (χ2v) is 6.87. The number of hydrogen-bond acceptors (Lipinski definition) is 8. The zero-order valence-corrected chi connectivity index (χ0v) is 15.3. The fourth-order valence-electron chi connectivity index (χ4n) is 1.94. The third-order valence-corrected chi connectivity index (χ3v) is 4.77. The predicted molar refractivity (Wildman–Crippen MR) is 87.9 cm³/mol. The molecule has 0 fully saturated rings. The monoisotopic (exact) mass is 404 g/mol. The number of ether oxygens (including phenoxy) is 2. The number of nitrogens with one attached hydrogen (secondary N) is 1. The lowest BCUT2D eigenvalue weighted by molar-refractivity contribution is 0.0596. The van der Waals surface area contributed by atoms with Gasteiger partial charge in [0, 0.05) is 12.1 Å². The van der Waals surface area contributed by atoms with Crippen molar-refractivity contribution in [2.24, 2.45) is 7.05 Å². The van der Waals surface area contributed by atoms with E-state index >= 15 is 0 Å². The van der Waals surface area contributed by atoms with Gasteiger partial charge in [-0.3, -0.25) is 0 Å². The molecule has 13 heteroatoms. The molecule has 0 radical (unpaired) electrons. The maximum atomic E-state index is 12.5. The Balaban J connectivity index is 2.47. The van der Waals surface area contributed by atoms with Gasteiger partial charge in [0.05, 0.1) is 19.8 Å². The van der Waals surface area contributed by atoms with Crippen LogP contribution in [0.1, 0.15) is 10.4 Å². The first kappa shape index (κ1) is 19.5. The van der Waals surface area contributed by atoms with Crippen LogP contribution in [0.5, 0.6) is 6.01 Å². The summed E-state index contributed by atoms with van der Waals surface area (Å²) in [7, 11) is -1.02. The number of carbonyl (C=O) groups is 2. The van der Waals surface area contributed by atoms with Crippen molar-refractivity contribution >= 4 is 33.6 Å². The summed E-state index contributed by atoms with van der Waals surface area (Å²) >= 11 is 5.78. The van der Waals surface area contributed by atoms with E-state index in [1.165, 1.54) is 20.2 Å². The quantitative estimate of drug-likeness (QED) is 0.701. The summed E-state index contributed by atoms with van der Waals surface area (Å²) in [6, 6.07) is 1.79. The van der Waals surface area contributed by atoms with Crippen molar-refractivity contribution in [2.45, 2.75) is 4.90 Å². The zero-order chi connectivity index (χ0) is 19.6. The van der Waals surface area contributed by atoms with Gasteiger partial charge >= 0.3 is 23.7 Å². The maximum Gasteiger partial charge on any atom is 0.360 e. The molecule has 140 valence electrons. The van der Waals surface area contributed by atoms with E-state index in [1.54, 1.807) is 4.72 Å². The lowest BCUT2D eigenvalue weighted by Crippen LogP contribution is -2.40. The Bertz CT molecular complexity index is 1040. The number of benzene rings is 1. The Morgan fingerprint density at radius 3 is 2.46 bits per heavy atom. The molecule has 1 amide bonds. The molecule has 0 atom stereocenters. The van der Waals surface area contributed by atoms with Crippen LogP contribution in [0.4, 0.5) is 4.79 Å². The van der Waals surface area contributed by atoms with E-state index < -0.39 is 32.6 Å². The minimum Gasteiger partial charge on any atom is -0.467 e. The Labute approximate surface area is 152 Å². The van der Waals surface area contributed by atoms with Crippen LogP contribution >= 0.6 is 11.6 Å². The van der Waals surface area contributed by atoms with Gasteiger partial charge in [-0.05, 0) is 18.2 Å². The molecule has 2 rings (SSSR count). The molecule has 11 nitrogen and oxygen atoms in total. The molecule has 0 aliphatic rings. The largest absolute Gasteiger partial charge is 0.467 e. The minimum atomic E-state index is -4.58. The predicted octanol–water partition coefficient (Wildman–Crippen LogP) is -0.0230. The zero-order valence-electron chi connectivity index (χ0n) is 13.7. The Kier molecular flexibility index (Phi) is 5.37. The Morgan fingerprint density at radius 2 is 1.92 bits per heavy atom. The third-order valence-electron chi connectivity index (χ3n) is 3.18. The summed E-state index contributed by atoms with van der Waals surface area (Å²) in [6.45, 7) is 0. The van der Waals surface area contributed by atoms with Gasteiger partial charge in [0.15, 0.2) is 0 Å². The number of carbonyl (C=O) groups excluding carboxylic acids is 2. The highest BCUT2D eigenvalue weighted by Gasteiger charge is 2.28. The van der Waals surface area contributed by atoms with Crippen molar-refractivity contribution in [1.29, 1.82) is 0 Å². The average molecular weight is 405 g/mol. The van der Waals surface area contributed by atoms with E-state index in [0.717, 1.165) is 23.8 Å². The average Bonchev–Trinajstić information content (AvgIpc) is 2.88. The van der Waals surface area contributed by atoms with E-state index in [4.69, 9.17) is 16.3 Å². The molecule has 1 aromatic heterocycles. The van der Waals surface area contributed by atoms with Crippen LogP contribution in [0.15, 0.2) is 27.9 Å². The van der Waals surface area contributed by atoms with Crippen LogP contribution in [-0.4, -0.2) is 49.0 Å². The molecular weight excluding hydrogens is 392 g/mol. The van der Waals surface area contributed by atoms with Gasteiger partial charge in [-0.25, -0.2) is 32.1 Å². The number of hydrogen-bond donors (Lipinski definition) is 1. The van der Waals surface area contributed by atoms with Crippen molar-refractivity contribution in [1.82, 2.24) is 19.1 Å².